The predicted molar refractivity (Wildman–Crippen MR) is 63.0 cm³/mol. The summed E-state index contributed by atoms with van der Waals surface area (Å²) in [6.07, 6.45) is 2.45. The summed E-state index contributed by atoms with van der Waals surface area (Å²) in [5, 5.41) is 0. The lowest BCUT2D eigenvalue weighted by Gasteiger charge is -2.12. The monoisotopic (exact) mass is 271 g/mol. The van der Waals surface area contributed by atoms with Crippen molar-refractivity contribution in [1.82, 2.24) is 0 Å². The van der Waals surface area contributed by atoms with Crippen molar-refractivity contribution >= 4 is 21.6 Å². The smallest absolute Gasteiger partial charge is 0.135 e. The first-order chi connectivity index (χ1) is 7.25. The second-order valence-corrected chi connectivity index (χ2v) is 4.49. The van der Waals surface area contributed by atoms with Crippen molar-refractivity contribution in [2.24, 2.45) is 0 Å². The number of ether oxygens (including phenoxy) is 2. The first kappa shape index (κ1) is 10.8. The van der Waals surface area contributed by atoms with Crippen LogP contribution in [0.2, 0.25) is 0 Å². The largest absolute Gasteiger partial charge is 0.490 e. The van der Waals surface area contributed by atoms with Crippen molar-refractivity contribution in [1.29, 1.82) is 0 Å². The standard InChI is InChI=1S/C11H14BrNO2/c12-10-4-3-8(13)6-11(10)15-7-9-2-1-5-14-9/h3-4,6,9H,1-2,5,7,13H2. The van der Waals surface area contributed by atoms with Crippen LogP contribution >= 0.6 is 15.9 Å². The van der Waals surface area contributed by atoms with E-state index < -0.39 is 0 Å². The van der Waals surface area contributed by atoms with Crippen LogP contribution in [-0.4, -0.2) is 19.3 Å². The second kappa shape index (κ2) is 4.86. The molecular weight excluding hydrogens is 258 g/mol. The number of nitrogen functional groups attached to an aromatic ring is 1. The van der Waals surface area contributed by atoms with Gasteiger partial charge in [0.15, 0.2) is 0 Å². The molecule has 2 rings (SSSR count). The molecule has 1 heterocycles. The Labute approximate surface area is 97.7 Å². The molecular formula is C11H14BrNO2. The van der Waals surface area contributed by atoms with E-state index in [1.165, 1.54) is 0 Å². The van der Waals surface area contributed by atoms with Crippen molar-refractivity contribution in [2.75, 3.05) is 18.9 Å². The fourth-order valence-corrected chi connectivity index (χ4v) is 1.95. The third-order valence-electron chi connectivity index (χ3n) is 2.40. The predicted octanol–water partition coefficient (Wildman–Crippen LogP) is 2.59. The Morgan fingerprint density at radius 3 is 3.13 bits per heavy atom. The van der Waals surface area contributed by atoms with Crippen LogP contribution in [0.1, 0.15) is 12.8 Å². The van der Waals surface area contributed by atoms with E-state index in [1.54, 1.807) is 0 Å². The topological polar surface area (TPSA) is 44.5 Å². The fraction of sp³-hybridized carbons (Fsp3) is 0.455. The van der Waals surface area contributed by atoms with E-state index in [9.17, 15) is 0 Å². The number of hydrogen-bond donors (Lipinski definition) is 1. The molecule has 3 nitrogen and oxygen atoms in total. The lowest BCUT2D eigenvalue weighted by atomic mass is 10.2. The van der Waals surface area contributed by atoms with Crippen molar-refractivity contribution in [3.8, 4) is 5.75 Å². The Kier molecular flexibility index (Phi) is 3.49. The maximum Gasteiger partial charge on any atom is 0.135 e. The average Bonchev–Trinajstić information content (AvgIpc) is 2.72. The Bertz CT molecular complexity index is 337. The normalized spacial score (nSPS) is 20.5. The Morgan fingerprint density at radius 1 is 1.53 bits per heavy atom. The van der Waals surface area contributed by atoms with Gasteiger partial charge in [0.25, 0.3) is 0 Å². The summed E-state index contributed by atoms with van der Waals surface area (Å²) in [7, 11) is 0. The second-order valence-electron chi connectivity index (χ2n) is 3.64. The van der Waals surface area contributed by atoms with E-state index in [0.29, 0.717) is 12.3 Å². The lowest BCUT2D eigenvalue weighted by Crippen LogP contribution is -2.16. The van der Waals surface area contributed by atoms with E-state index >= 15 is 0 Å². The molecule has 4 heteroatoms. The molecule has 0 radical (unpaired) electrons. The van der Waals surface area contributed by atoms with Crippen LogP contribution in [0.3, 0.4) is 0 Å². The molecule has 82 valence electrons. The molecule has 15 heavy (non-hydrogen) atoms. The van der Waals surface area contributed by atoms with Crippen LogP contribution in [-0.2, 0) is 4.74 Å². The zero-order valence-corrected chi connectivity index (χ0v) is 10.00. The van der Waals surface area contributed by atoms with Gasteiger partial charge in [-0.3, -0.25) is 0 Å². The van der Waals surface area contributed by atoms with Crippen molar-refractivity contribution < 1.29 is 9.47 Å². The molecule has 0 saturated carbocycles. The van der Waals surface area contributed by atoms with Crippen LogP contribution < -0.4 is 10.5 Å². The highest BCUT2D eigenvalue weighted by atomic mass is 79.9. The zero-order chi connectivity index (χ0) is 10.7. The van der Waals surface area contributed by atoms with Crippen molar-refractivity contribution in [3.05, 3.63) is 22.7 Å². The number of anilines is 1. The highest BCUT2D eigenvalue weighted by Gasteiger charge is 2.16. The van der Waals surface area contributed by atoms with Crippen LogP contribution in [0.15, 0.2) is 22.7 Å². The maximum absolute atomic E-state index is 5.68. The third-order valence-corrected chi connectivity index (χ3v) is 3.06. The van der Waals surface area contributed by atoms with E-state index in [4.69, 9.17) is 15.2 Å². The van der Waals surface area contributed by atoms with Gasteiger partial charge in [0.05, 0.1) is 10.6 Å². The summed E-state index contributed by atoms with van der Waals surface area (Å²) in [6, 6.07) is 5.54. The molecule has 0 aliphatic carbocycles. The van der Waals surface area contributed by atoms with E-state index in [2.05, 4.69) is 15.9 Å². The summed E-state index contributed by atoms with van der Waals surface area (Å²) >= 11 is 3.42. The third kappa shape index (κ3) is 2.86. The number of hydrogen-bond acceptors (Lipinski definition) is 3. The van der Waals surface area contributed by atoms with E-state index in [0.717, 1.165) is 29.7 Å². The zero-order valence-electron chi connectivity index (χ0n) is 8.41. The summed E-state index contributed by atoms with van der Waals surface area (Å²) < 4.78 is 12.0. The fourth-order valence-electron chi connectivity index (χ4n) is 1.59. The molecule has 1 aliphatic rings. The molecule has 1 aliphatic heterocycles. The Morgan fingerprint density at radius 2 is 2.40 bits per heavy atom. The summed E-state index contributed by atoms with van der Waals surface area (Å²) in [5.74, 6) is 0.783. The maximum atomic E-state index is 5.68. The van der Waals surface area contributed by atoms with Crippen molar-refractivity contribution in [2.45, 2.75) is 18.9 Å². The quantitative estimate of drug-likeness (QED) is 0.860. The Balaban J connectivity index is 1.94. The number of benzene rings is 1. The summed E-state index contributed by atoms with van der Waals surface area (Å²) in [4.78, 5) is 0. The van der Waals surface area contributed by atoms with E-state index in [1.807, 2.05) is 18.2 Å². The average molecular weight is 272 g/mol. The number of nitrogens with two attached hydrogens (primary N) is 1. The van der Waals surface area contributed by atoms with Crippen LogP contribution in [0.5, 0.6) is 5.75 Å². The van der Waals surface area contributed by atoms with Gasteiger partial charge in [-0.05, 0) is 40.9 Å². The van der Waals surface area contributed by atoms with Gasteiger partial charge >= 0.3 is 0 Å². The van der Waals surface area contributed by atoms with Gasteiger partial charge < -0.3 is 15.2 Å². The minimum Gasteiger partial charge on any atom is -0.490 e. The molecule has 1 atom stereocenters. The summed E-state index contributed by atoms with van der Waals surface area (Å²) in [5.41, 5.74) is 6.39. The van der Waals surface area contributed by atoms with Gasteiger partial charge in [-0.25, -0.2) is 0 Å². The minimum absolute atomic E-state index is 0.235. The molecule has 1 unspecified atom stereocenters. The molecule has 0 bridgehead atoms. The first-order valence-electron chi connectivity index (χ1n) is 5.05. The Hall–Kier alpha value is -0.740. The first-order valence-corrected chi connectivity index (χ1v) is 5.84. The molecule has 1 saturated heterocycles. The molecule has 0 amide bonds. The van der Waals surface area contributed by atoms with E-state index in [-0.39, 0.29) is 6.10 Å². The van der Waals surface area contributed by atoms with Gasteiger partial charge in [-0.1, -0.05) is 0 Å². The van der Waals surface area contributed by atoms with Crippen LogP contribution in [0.4, 0.5) is 5.69 Å². The van der Waals surface area contributed by atoms with Gasteiger partial charge in [0.2, 0.25) is 0 Å². The highest BCUT2D eigenvalue weighted by Crippen LogP contribution is 2.27. The van der Waals surface area contributed by atoms with Crippen molar-refractivity contribution in [3.63, 3.8) is 0 Å². The lowest BCUT2D eigenvalue weighted by molar-refractivity contribution is 0.0677. The van der Waals surface area contributed by atoms with Crippen LogP contribution in [0.25, 0.3) is 0 Å². The van der Waals surface area contributed by atoms with Gasteiger partial charge in [0.1, 0.15) is 12.4 Å². The van der Waals surface area contributed by atoms with Gasteiger partial charge in [0, 0.05) is 18.4 Å². The number of rotatable bonds is 3. The van der Waals surface area contributed by atoms with Crippen LogP contribution in [0, 0.1) is 0 Å². The minimum atomic E-state index is 0.235. The molecule has 2 N–H and O–H groups in total. The molecule has 1 aromatic rings. The SMILES string of the molecule is Nc1ccc(Br)c(OCC2CCCO2)c1. The van der Waals surface area contributed by atoms with Gasteiger partial charge in [-0.15, -0.1) is 0 Å². The highest BCUT2D eigenvalue weighted by molar-refractivity contribution is 9.10. The molecule has 0 aromatic heterocycles. The van der Waals surface area contributed by atoms with Gasteiger partial charge in [-0.2, -0.15) is 0 Å². The molecule has 1 aromatic carbocycles. The summed E-state index contributed by atoms with van der Waals surface area (Å²) in [6.45, 7) is 1.45. The molecule has 0 spiro atoms. The molecule has 1 fully saturated rings. The number of halogens is 1.